The van der Waals surface area contributed by atoms with E-state index in [0.29, 0.717) is 12.0 Å². The van der Waals surface area contributed by atoms with Gasteiger partial charge in [-0.3, -0.25) is 5.84 Å². The molecule has 3 atom stereocenters. The highest BCUT2D eigenvalue weighted by molar-refractivity contribution is 4.91. The Bertz CT molecular complexity index is 138. The molecule has 0 aromatic carbocycles. The number of rotatable bonds is 0. The molecule has 1 saturated carbocycles. The molecule has 2 bridgehead atoms. The smallest absolute Gasteiger partial charge is 0.0582 e. The van der Waals surface area contributed by atoms with Gasteiger partial charge in [0, 0.05) is 18.5 Å². The summed E-state index contributed by atoms with van der Waals surface area (Å²) in [6.45, 7) is 0.895. The third-order valence-corrected chi connectivity index (χ3v) is 2.83. The maximum atomic E-state index is 9.43. The van der Waals surface area contributed by atoms with Crippen molar-refractivity contribution in [2.45, 2.75) is 31.4 Å². The van der Waals surface area contributed by atoms with Crippen LogP contribution in [0.2, 0.25) is 0 Å². The summed E-state index contributed by atoms with van der Waals surface area (Å²) < 4.78 is 0. The summed E-state index contributed by atoms with van der Waals surface area (Å²) in [6.07, 6.45) is 3.05. The van der Waals surface area contributed by atoms with Gasteiger partial charge in [-0.25, -0.2) is 5.01 Å². The number of aliphatic hydroxyl groups is 1. The minimum absolute atomic E-state index is 0.0789. The van der Waals surface area contributed by atoms with Crippen LogP contribution in [-0.2, 0) is 0 Å². The van der Waals surface area contributed by atoms with E-state index in [2.05, 4.69) is 0 Å². The quantitative estimate of drug-likeness (QED) is 0.457. The Morgan fingerprint density at radius 1 is 1.40 bits per heavy atom. The van der Waals surface area contributed by atoms with Crippen LogP contribution in [0, 0.1) is 5.92 Å². The molecule has 0 amide bonds. The molecular formula is C7H14N2O. The number of nitrogens with two attached hydrogens (primary N) is 1. The maximum absolute atomic E-state index is 9.43. The lowest BCUT2D eigenvalue weighted by atomic mass is 9.88. The Morgan fingerprint density at radius 2 is 2.20 bits per heavy atom. The molecule has 0 aromatic heterocycles. The van der Waals surface area contributed by atoms with E-state index in [4.69, 9.17) is 5.84 Å². The van der Waals surface area contributed by atoms with Crippen molar-refractivity contribution < 1.29 is 5.11 Å². The minimum Gasteiger partial charge on any atom is -0.393 e. The van der Waals surface area contributed by atoms with Gasteiger partial charge >= 0.3 is 0 Å². The van der Waals surface area contributed by atoms with Crippen molar-refractivity contribution in [1.82, 2.24) is 5.01 Å². The van der Waals surface area contributed by atoms with E-state index in [1.165, 1.54) is 0 Å². The minimum atomic E-state index is -0.0789. The van der Waals surface area contributed by atoms with Crippen LogP contribution in [0.1, 0.15) is 19.3 Å². The molecule has 1 aliphatic carbocycles. The normalized spacial score (nSPS) is 48.0. The summed E-state index contributed by atoms with van der Waals surface area (Å²) in [4.78, 5) is 0. The van der Waals surface area contributed by atoms with Crippen LogP contribution in [0.4, 0.5) is 0 Å². The molecule has 0 aromatic rings. The van der Waals surface area contributed by atoms with E-state index in [1.54, 1.807) is 0 Å². The number of hydrogen-bond acceptors (Lipinski definition) is 3. The first-order valence-electron chi connectivity index (χ1n) is 3.97. The van der Waals surface area contributed by atoms with Crippen molar-refractivity contribution in [3.8, 4) is 0 Å². The first-order valence-corrected chi connectivity index (χ1v) is 3.97. The molecule has 10 heavy (non-hydrogen) atoms. The molecule has 1 aliphatic heterocycles. The predicted molar refractivity (Wildman–Crippen MR) is 38.0 cm³/mol. The van der Waals surface area contributed by atoms with Gasteiger partial charge in [0.2, 0.25) is 0 Å². The van der Waals surface area contributed by atoms with Crippen LogP contribution in [0.15, 0.2) is 0 Å². The fraction of sp³-hybridized carbons (Fsp3) is 1.00. The highest BCUT2D eigenvalue weighted by atomic mass is 16.3. The summed E-state index contributed by atoms with van der Waals surface area (Å²) in [5.41, 5.74) is 0. The van der Waals surface area contributed by atoms with Crippen molar-refractivity contribution in [3.63, 3.8) is 0 Å². The summed E-state index contributed by atoms with van der Waals surface area (Å²) in [5, 5.41) is 11.3. The Labute approximate surface area is 60.8 Å². The summed E-state index contributed by atoms with van der Waals surface area (Å²) >= 11 is 0. The Morgan fingerprint density at radius 3 is 2.90 bits per heavy atom. The van der Waals surface area contributed by atoms with Crippen molar-refractivity contribution in [1.29, 1.82) is 0 Å². The highest BCUT2D eigenvalue weighted by Gasteiger charge is 2.38. The molecule has 3 N–H and O–H groups in total. The zero-order valence-corrected chi connectivity index (χ0v) is 6.03. The highest BCUT2D eigenvalue weighted by Crippen LogP contribution is 2.33. The zero-order valence-electron chi connectivity index (χ0n) is 6.03. The number of hydrogen-bond donors (Lipinski definition) is 2. The number of hydrazine groups is 1. The fourth-order valence-electron chi connectivity index (χ4n) is 2.14. The average molecular weight is 142 g/mol. The van der Waals surface area contributed by atoms with E-state index in [9.17, 15) is 5.11 Å². The largest absolute Gasteiger partial charge is 0.393 e. The standard InChI is InChI=1S/C7H14N2O/c8-9-4-5-3-6(9)1-2-7(5)10/h5-7,10H,1-4,8H2. The Balaban J connectivity index is 2.08. The average Bonchev–Trinajstić information content (AvgIpc) is 2.21. The van der Waals surface area contributed by atoms with Gasteiger partial charge in [-0.05, 0) is 19.3 Å². The van der Waals surface area contributed by atoms with Crippen LogP contribution in [-0.4, -0.2) is 28.8 Å². The van der Waals surface area contributed by atoms with Crippen LogP contribution in [0.3, 0.4) is 0 Å². The van der Waals surface area contributed by atoms with Crippen molar-refractivity contribution in [2.75, 3.05) is 6.54 Å². The third-order valence-electron chi connectivity index (χ3n) is 2.83. The van der Waals surface area contributed by atoms with E-state index < -0.39 is 0 Å². The SMILES string of the molecule is NN1CC2CC1CCC2O. The van der Waals surface area contributed by atoms with Gasteiger partial charge in [0.25, 0.3) is 0 Å². The van der Waals surface area contributed by atoms with E-state index in [0.717, 1.165) is 25.8 Å². The van der Waals surface area contributed by atoms with Gasteiger partial charge in [-0.15, -0.1) is 0 Å². The van der Waals surface area contributed by atoms with Gasteiger partial charge in [0.1, 0.15) is 0 Å². The third kappa shape index (κ3) is 0.856. The van der Waals surface area contributed by atoms with Gasteiger partial charge < -0.3 is 5.11 Å². The van der Waals surface area contributed by atoms with Crippen LogP contribution >= 0.6 is 0 Å². The van der Waals surface area contributed by atoms with Crippen LogP contribution in [0.5, 0.6) is 0 Å². The second-order valence-corrected chi connectivity index (χ2v) is 3.49. The number of nitrogens with zero attached hydrogens (tertiary/aromatic N) is 1. The lowest BCUT2D eigenvalue weighted by Crippen LogP contribution is -2.35. The molecule has 2 aliphatic rings. The number of aliphatic hydroxyl groups excluding tert-OH is 1. The van der Waals surface area contributed by atoms with E-state index in [1.807, 2.05) is 5.01 Å². The van der Waals surface area contributed by atoms with Gasteiger partial charge in [0.05, 0.1) is 6.10 Å². The molecule has 0 radical (unpaired) electrons. The molecule has 58 valence electrons. The lowest BCUT2D eigenvalue weighted by molar-refractivity contribution is 0.0893. The lowest BCUT2D eigenvalue weighted by Gasteiger charge is -2.23. The summed E-state index contributed by atoms with van der Waals surface area (Å²) in [7, 11) is 0. The Kier molecular flexibility index (Phi) is 1.44. The van der Waals surface area contributed by atoms with Gasteiger partial charge in [-0.1, -0.05) is 0 Å². The molecule has 0 spiro atoms. The van der Waals surface area contributed by atoms with Gasteiger partial charge in [0.15, 0.2) is 0 Å². The van der Waals surface area contributed by atoms with Crippen LogP contribution in [0.25, 0.3) is 0 Å². The topological polar surface area (TPSA) is 49.5 Å². The molecule has 3 unspecified atom stereocenters. The van der Waals surface area contributed by atoms with Crippen molar-refractivity contribution >= 4 is 0 Å². The van der Waals surface area contributed by atoms with Crippen LogP contribution < -0.4 is 5.84 Å². The molecule has 2 fully saturated rings. The molecule has 1 saturated heterocycles. The van der Waals surface area contributed by atoms with Gasteiger partial charge in [-0.2, -0.15) is 0 Å². The first kappa shape index (κ1) is 6.58. The monoisotopic (exact) mass is 142 g/mol. The molecular weight excluding hydrogens is 128 g/mol. The maximum Gasteiger partial charge on any atom is 0.0582 e. The fourth-order valence-corrected chi connectivity index (χ4v) is 2.14. The molecule has 1 heterocycles. The second-order valence-electron chi connectivity index (χ2n) is 3.49. The number of fused-ring (bicyclic) bond motifs is 2. The molecule has 3 heteroatoms. The summed E-state index contributed by atoms with van der Waals surface area (Å²) in [5.74, 6) is 6.17. The van der Waals surface area contributed by atoms with Crippen molar-refractivity contribution in [3.05, 3.63) is 0 Å². The second kappa shape index (κ2) is 2.19. The Hall–Kier alpha value is -0.120. The molecule has 2 rings (SSSR count). The molecule has 3 nitrogen and oxygen atoms in total. The first-order chi connectivity index (χ1) is 4.77. The summed E-state index contributed by atoms with van der Waals surface area (Å²) in [6, 6.07) is 0.563. The van der Waals surface area contributed by atoms with Crippen molar-refractivity contribution in [2.24, 2.45) is 11.8 Å². The predicted octanol–water partition coefficient (Wildman–Crippen LogP) is -0.295. The van der Waals surface area contributed by atoms with E-state index in [-0.39, 0.29) is 6.10 Å². The van der Waals surface area contributed by atoms with E-state index >= 15 is 0 Å². The zero-order chi connectivity index (χ0) is 7.14.